The van der Waals surface area contributed by atoms with Crippen LogP contribution in [0.3, 0.4) is 0 Å². The zero-order chi connectivity index (χ0) is 13.5. The van der Waals surface area contributed by atoms with E-state index < -0.39 is 12.0 Å². The lowest BCUT2D eigenvalue weighted by atomic mass is 10.1. The smallest absolute Gasteiger partial charge is 0.328 e. The first-order valence-electron chi connectivity index (χ1n) is 5.66. The minimum absolute atomic E-state index is 0.325. The summed E-state index contributed by atoms with van der Waals surface area (Å²) in [5, 5.41) is 2.51. The van der Waals surface area contributed by atoms with Crippen LogP contribution >= 0.6 is 0 Å². The van der Waals surface area contributed by atoms with E-state index in [-0.39, 0.29) is 5.91 Å². The van der Waals surface area contributed by atoms with Gasteiger partial charge in [-0.2, -0.15) is 0 Å². The topological polar surface area (TPSA) is 55.4 Å². The highest BCUT2D eigenvalue weighted by Gasteiger charge is 2.13. The average molecular weight is 247 g/mol. The summed E-state index contributed by atoms with van der Waals surface area (Å²) in [5.41, 5.74) is 2.09. The molecular weight excluding hydrogens is 230 g/mol. The number of hydrogen-bond donors (Lipinski definition) is 1. The van der Waals surface area contributed by atoms with Crippen LogP contribution < -0.4 is 5.32 Å². The first kappa shape index (κ1) is 14.0. The molecule has 1 amide bonds. The molecule has 1 atom stereocenters. The van der Waals surface area contributed by atoms with E-state index >= 15 is 0 Å². The van der Waals surface area contributed by atoms with Crippen LogP contribution in [-0.2, 0) is 14.3 Å². The van der Waals surface area contributed by atoms with E-state index in [4.69, 9.17) is 0 Å². The van der Waals surface area contributed by atoms with Crippen LogP contribution in [0.15, 0.2) is 30.3 Å². The van der Waals surface area contributed by atoms with Crippen molar-refractivity contribution >= 4 is 18.0 Å². The van der Waals surface area contributed by atoms with Crippen molar-refractivity contribution in [1.29, 1.82) is 0 Å². The Morgan fingerprint density at radius 1 is 1.28 bits per heavy atom. The van der Waals surface area contributed by atoms with Gasteiger partial charge in [-0.3, -0.25) is 4.79 Å². The highest BCUT2D eigenvalue weighted by atomic mass is 16.5. The molecule has 4 nitrogen and oxygen atoms in total. The number of esters is 1. The van der Waals surface area contributed by atoms with Gasteiger partial charge in [0.1, 0.15) is 6.04 Å². The SMILES string of the molecule is COC(=O)[C@@H](C)NC(=O)/C=C/c1ccc(C)cc1. The van der Waals surface area contributed by atoms with E-state index in [1.54, 1.807) is 13.0 Å². The summed E-state index contributed by atoms with van der Waals surface area (Å²) in [4.78, 5) is 22.6. The number of carbonyl (C=O) groups is 2. The number of amides is 1. The Labute approximate surface area is 107 Å². The fourth-order valence-corrected chi connectivity index (χ4v) is 1.35. The first-order chi connectivity index (χ1) is 8.52. The maximum absolute atomic E-state index is 11.5. The van der Waals surface area contributed by atoms with E-state index in [0.29, 0.717) is 0 Å². The van der Waals surface area contributed by atoms with Crippen LogP contribution in [0.25, 0.3) is 6.08 Å². The van der Waals surface area contributed by atoms with E-state index in [1.165, 1.54) is 13.2 Å². The van der Waals surface area contributed by atoms with E-state index in [1.807, 2.05) is 31.2 Å². The standard InChI is InChI=1S/C14H17NO3/c1-10-4-6-12(7-5-10)8-9-13(16)15-11(2)14(17)18-3/h4-9,11H,1-3H3,(H,15,16)/b9-8+/t11-/m1/s1. The highest BCUT2D eigenvalue weighted by molar-refractivity contribution is 5.94. The van der Waals surface area contributed by atoms with Crippen LogP contribution in [-0.4, -0.2) is 25.0 Å². The van der Waals surface area contributed by atoms with E-state index in [0.717, 1.165) is 11.1 Å². The number of hydrogen-bond acceptors (Lipinski definition) is 3. The summed E-state index contributed by atoms with van der Waals surface area (Å²) in [7, 11) is 1.28. The number of benzene rings is 1. The Hall–Kier alpha value is -2.10. The molecule has 1 rings (SSSR count). The monoisotopic (exact) mass is 247 g/mol. The number of methoxy groups -OCH3 is 1. The van der Waals surface area contributed by atoms with Crippen LogP contribution in [0.5, 0.6) is 0 Å². The third kappa shape index (κ3) is 4.41. The summed E-state index contributed by atoms with van der Waals surface area (Å²) >= 11 is 0. The Bertz CT molecular complexity index is 449. The molecule has 1 N–H and O–H groups in total. The number of nitrogens with one attached hydrogen (secondary N) is 1. The number of carbonyl (C=O) groups excluding carboxylic acids is 2. The molecule has 1 aromatic carbocycles. The van der Waals surface area contributed by atoms with Gasteiger partial charge in [-0.05, 0) is 25.5 Å². The summed E-state index contributed by atoms with van der Waals surface area (Å²) < 4.78 is 4.51. The van der Waals surface area contributed by atoms with E-state index in [9.17, 15) is 9.59 Å². The summed E-state index contributed by atoms with van der Waals surface area (Å²) in [5.74, 6) is -0.791. The molecule has 0 saturated heterocycles. The predicted molar refractivity (Wildman–Crippen MR) is 69.8 cm³/mol. The van der Waals surface area contributed by atoms with Gasteiger partial charge in [0.25, 0.3) is 0 Å². The van der Waals surface area contributed by atoms with Crippen molar-refractivity contribution in [2.75, 3.05) is 7.11 Å². The third-order valence-corrected chi connectivity index (χ3v) is 2.42. The van der Waals surface area contributed by atoms with Gasteiger partial charge in [-0.1, -0.05) is 29.8 Å². The van der Waals surface area contributed by atoms with Crippen molar-refractivity contribution in [2.45, 2.75) is 19.9 Å². The third-order valence-electron chi connectivity index (χ3n) is 2.42. The highest BCUT2D eigenvalue weighted by Crippen LogP contribution is 2.04. The Morgan fingerprint density at radius 2 is 1.89 bits per heavy atom. The predicted octanol–water partition coefficient (Wildman–Crippen LogP) is 1.69. The van der Waals surface area contributed by atoms with Crippen LogP contribution in [0.4, 0.5) is 0 Å². The minimum atomic E-state index is -0.648. The van der Waals surface area contributed by atoms with Crippen LogP contribution in [0.2, 0.25) is 0 Å². The van der Waals surface area contributed by atoms with Crippen molar-refractivity contribution in [2.24, 2.45) is 0 Å². The lowest BCUT2D eigenvalue weighted by molar-refractivity contribution is -0.144. The number of aryl methyl sites for hydroxylation is 1. The van der Waals surface area contributed by atoms with Crippen molar-refractivity contribution < 1.29 is 14.3 Å². The molecule has 0 aliphatic heterocycles. The maximum Gasteiger partial charge on any atom is 0.328 e. The molecule has 0 aliphatic carbocycles. The summed E-state index contributed by atoms with van der Waals surface area (Å²) in [6.45, 7) is 3.57. The number of ether oxygens (including phenoxy) is 1. The Morgan fingerprint density at radius 3 is 2.44 bits per heavy atom. The van der Waals surface area contributed by atoms with E-state index in [2.05, 4.69) is 10.1 Å². The minimum Gasteiger partial charge on any atom is -0.467 e. The zero-order valence-electron chi connectivity index (χ0n) is 10.8. The second-order valence-electron chi connectivity index (χ2n) is 4.00. The van der Waals surface area contributed by atoms with Gasteiger partial charge in [0.05, 0.1) is 7.11 Å². The Balaban J connectivity index is 2.54. The molecule has 0 spiro atoms. The van der Waals surface area contributed by atoms with Crippen molar-refractivity contribution in [3.8, 4) is 0 Å². The molecule has 4 heteroatoms. The van der Waals surface area contributed by atoms with Gasteiger partial charge in [0.2, 0.25) is 5.91 Å². The molecule has 0 heterocycles. The lowest BCUT2D eigenvalue weighted by Gasteiger charge is -2.09. The molecule has 0 bridgehead atoms. The second kappa shape index (κ2) is 6.59. The Kier molecular flexibility index (Phi) is 5.11. The molecule has 0 aromatic heterocycles. The largest absolute Gasteiger partial charge is 0.467 e. The van der Waals surface area contributed by atoms with Gasteiger partial charge in [0.15, 0.2) is 0 Å². The summed E-state index contributed by atoms with van der Waals surface area (Å²) in [6.07, 6.45) is 3.09. The van der Waals surface area contributed by atoms with Crippen LogP contribution in [0.1, 0.15) is 18.1 Å². The number of rotatable bonds is 4. The van der Waals surface area contributed by atoms with Crippen molar-refractivity contribution in [1.82, 2.24) is 5.32 Å². The molecular formula is C14H17NO3. The fraction of sp³-hybridized carbons (Fsp3) is 0.286. The molecule has 0 fully saturated rings. The summed E-state index contributed by atoms with van der Waals surface area (Å²) in [6, 6.07) is 7.12. The molecule has 0 unspecified atom stereocenters. The van der Waals surface area contributed by atoms with Gasteiger partial charge >= 0.3 is 5.97 Å². The lowest BCUT2D eigenvalue weighted by Crippen LogP contribution is -2.38. The van der Waals surface area contributed by atoms with Crippen LogP contribution in [0, 0.1) is 6.92 Å². The van der Waals surface area contributed by atoms with Gasteiger partial charge < -0.3 is 10.1 Å². The maximum atomic E-state index is 11.5. The molecule has 0 saturated carbocycles. The fourth-order valence-electron chi connectivity index (χ4n) is 1.35. The molecule has 18 heavy (non-hydrogen) atoms. The van der Waals surface area contributed by atoms with Gasteiger partial charge in [-0.15, -0.1) is 0 Å². The normalized spacial score (nSPS) is 12.2. The van der Waals surface area contributed by atoms with Crippen molar-refractivity contribution in [3.05, 3.63) is 41.5 Å². The van der Waals surface area contributed by atoms with Gasteiger partial charge in [-0.25, -0.2) is 4.79 Å². The van der Waals surface area contributed by atoms with Crippen molar-refractivity contribution in [3.63, 3.8) is 0 Å². The molecule has 96 valence electrons. The zero-order valence-corrected chi connectivity index (χ0v) is 10.8. The molecule has 0 aliphatic rings. The molecule has 1 aromatic rings. The molecule has 0 radical (unpaired) electrons. The second-order valence-corrected chi connectivity index (χ2v) is 4.00. The average Bonchev–Trinajstić information content (AvgIpc) is 2.37. The quantitative estimate of drug-likeness (QED) is 0.650. The first-order valence-corrected chi connectivity index (χ1v) is 5.66. The van der Waals surface area contributed by atoms with Gasteiger partial charge in [0, 0.05) is 6.08 Å².